The standard InChI is InChI=1S/C14H15N3OS2/c1-3-15-8(2)12-16-13(18)11-9(7-20-14(11)17-12)10-5-4-6-19-10/h4-8,15H,3H2,1-2H3,(H,16,17,18)/t8-/m1/s1. The molecule has 6 heteroatoms. The SMILES string of the molecule is CCN[C@H](C)c1nc2scc(-c3cccs3)c2c(=O)[nH]1. The summed E-state index contributed by atoms with van der Waals surface area (Å²) < 4.78 is 0. The van der Waals surface area contributed by atoms with Crippen molar-refractivity contribution in [3.05, 3.63) is 39.1 Å². The van der Waals surface area contributed by atoms with E-state index in [4.69, 9.17) is 0 Å². The molecular formula is C14H15N3OS2. The van der Waals surface area contributed by atoms with E-state index in [1.165, 1.54) is 11.3 Å². The number of aromatic nitrogens is 2. The van der Waals surface area contributed by atoms with Gasteiger partial charge in [0.2, 0.25) is 0 Å². The molecule has 0 bridgehead atoms. The van der Waals surface area contributed by atoms with E-state index in [0.29, 0.717) is 11.2 Å². The average molecular weight is 305 g/mol. The zero-order valence-corrected chi connectivity index (χ0v) is 12.9. The van der Waals surface area contributed by atoms with Gasteiger partial charge in [-0.15, -0.1) is 22.7 Å². The Morgan fingerprint density at radius 2 is 2.30 bits per heavy atom. The van der Waals surface area contributed by atoms with Gasteiger partial charge in [0.1, 0.15) is 10.7 Å². The van der Waals surface area contributed by atoms with Crippen LogP contribution in [-0.4, -0.2) is 16.5 Å². The summed E-state index contributed by atoms with van der Waals surface area (Å²) in [6.07, 6.45) is 0. The Morgan fingerprint density at radius 3 is 3.00 bits per heavy atom. The van der Waals surface area contributed by atoms with Gasteiger partial charge in [-0.2, -0.15) is 0 Å². The highest BCUT2D eigenvalue weighted by Crippen LogP contribution is 2.33. The van der Waals surface area contributed by atoms with Crippen LogP contribution < -0.4 is 10.9 Å². The van der Waals surface area contributed by atoms with E-state index in [2.05, 4.69) is 15.3 Å². The second kappa shape index (κ2) is 5.47. The molecule has 0 saturated heterocycles. The third-order valence-electron chi connectivity index (χ3n) is 3.17. The van der Waals surface area contributed by atoms with E-state index < -0.39 is 0 Å². The van der Waals surface area contributed by atoms with Crippen molar-refractivity contribution >= 4 is 32.9 Å². The maximum absolute atomic E-state index is 12.4. The molecule has 2 N–H and O–H groups in total. The van der Waals surface area contributed by atoms with Gasteiger partial charge >= 0.3 is 0 Å². The van der Waals surface area contributed by atoms with Gasteiger partial charge in [-0.05, 0) is 24.9 Å². The zero-order chi connectivity index (χ0) is 14.1. The number of rotatable bonds is 4. The van der Waals surface area contributed by atoms with E-state index in [-0.39, 0.29) is 11.6 Å². The van der Waals surface area contributed by atoms with Crippen molar-refractivity contribution < 1.29 is 0 Å². The number of nitrogens with zero attached hydrogens (tertiary/aromatic N) is 1. The molecule has 3 heterocycles. The molecule has 3 aromatic rings. The van der Waals surface area contributed by atoms with E-state index >= 15 is 0 Å². The summed E-state index contributed by atoms with van der Waals surface area (Å²) in [5, 5.41) is 7.99. The van der Waals surface area contributed by atoms with Crippen LogP contribution in [0.25, 0.3) is 20.7 Å². The van der Waals surface area contributed by atoms with E-state index in [9.17, 15) is 4.79 Å². The molecule has 0 aromatic carbocycles. The fourth-order valence-corrected chi connectivity index (χ4v) is 3.96. The molecule has 20 heavy (non-hydrogen) atoms. The molecule has 4 nitrogen and oxygen atoms in total. The van der Waals surface area contributed by atoms with Crippen molar-refractivity contribution in [2.24, 2.45) is 0 Å². The quantitative estimate of drug-likeness (QED) is 0.777. The molecule has 0 unspecified atom stereocenters. The molecule has 0 saturated carbocycles. The van der Waals surface area contributed by atoms with Crippen LogP contribution >= 0.6 is 22.7 Å². The summed E-state index contributed by atoms with van der Waals surface area (Å²) in [5.41, 5.74) is 0.927. The Bertz CT molecular complexity index is 773. The first kappa shape index (κ1) is 13.5. The number of fused-ring (bicyclic) bond motifs is 1. The fraction of sp³-hybridized carbons (Fsp3) is 0.286. The van der Waals surface area contributed by atoms with E-state index in [1.54, 1.807) is 11.3 Å². The molecule has 0 aliphatic rings. The highest BCUT2D eigenvalue weighted by molar-refractivity contribution is 7.18. The maximum atomic E-state index is 12.4. The molecule has 1 atom stereocenters. The van der Waals surface area contributed by atoms with Crippen molar-refractivity contribution in [2.75, 3.05) is 6.54 Å². The monoisotopic (exact) mass is 305 g/mol. The molecule has 0 aliphatic carbocycles. The van der Waals surface area contributed by atoms with Crippen molar-refractivity contribution in [1.29, 1.82) is 0 Å². The van der Waals surface area contributed by atoms with Crippen LogP contribution in [0.15, 0.2) is 27.7 Å². The van der Waals surface area contributed by atoms with Crippen LogP contribution in [0.3, 0.4) is 0 Å². The smallest absolute Gasteiger partial charge is 0.260 e. The lowest BCUT2D eigenvalue weighted by atomic mass is 10.2. The second-order valence-electron chi connectivity index (χ2n) is 4.54. The van der Waals surface area contributed by atoms with Crippen molar-refractivity contribution in [3.8, 4) is 10.4 Å². The normalized spacial score (nSPS) is 12.9. The van der Waals surface area contributed by atoms with Gasteiger partial charge in [-0.25, -0.2) is 4.98 Å². The third kappa shape index (κ3) is 2.30. The summed E-state index contributed by atoms with van der Waals surface area (Å²) in [4.78, 5) is 21.8. The average Bonchev–Trinajstić information content (AvgIpc) is 3.07. The predicted molar refractivity (Wildman–Crippen MR) is 85.6 cm³/mol. The number of hydrogen-bond donors (Lipinski definition) is 2. The molecule has 3 aromatic heterocycles. The molecule has 104 valence electrons. The first-order chi connectivity index (χ1) is 9.70. The zero-order valence-electron chi connectivity index (χ0n) is 11.3. The van der Waals surface area contributed by atoms with Crippen molar-refractivity contribution in [3.63, 3.8) is 0 Å². The lowest BCUT2D eigenvalue weighted by Crippen LogP contribution is -2.23. The van der Waals surface area contributed by atoms with Gasteiger partial charge in [0.15, 0.2) is 0 Å². The molecule has 3 rings (SSSR count). The highest BCUT2D eigenvalue weighted by Gasteiger charge is 2.15. The van der Waals surface area contributed by atoms with Crippen LogP contribution in [0.2, 0.25) is 0 Å². The van der Waals surface area contributed by atoms with Crippen LogP contribution in [-0.2, 0) is 0 Å². The minimum absolute atomic E-state index is 0.0457. The molecule has 0 spiro atoms. The lowest BCUT2D eigenvalue weighted by Gasteiger charge is -2.10. The summed E-state index contributed by atoms with van der Waals surface area (Å²) in [7, 11) is 0. The molecule has 0 amide bonds. The van der Waals surface area contributed by atoms with Crippen LogP contribution in [0.5, 0.6) is 0 Å². The van der Waals surface area contributed by atoms with Gasteiger partial charge in [-0.1, -0.05) is 13.0 Å². The predicted octanol–water partition coefficient (Wildman–Crippen LogP) is 3.38. The molecular weight excluding hydrogens is 290 g/mol. The lowest BCUT2D eigenvalue weighted by molar-refractivity contribution is 0.567. The number of nitrogens with one attached hydrogen (secondary N) is 2. The van der Waals surface area contributed by atoms with Gasteiger partial charge in [0.25, 0.3) is 5.56 Å². The van der Waals surface area contributed by atoms with Gasteiger partial charge in [0, 0.05) is 15.8 Å². The third-order valence-corrected chi connectivity index (χ3v) is 4.94. The Labute approximate surface area is 124 Å². The van der Waals surface area contributed by atoms with Crippen LogP contribution in [0.1, 0.15) is 25.7 Å². The Morgan fingerprint density at radius 1 is 1.45 bits per heavy atom. The topological polar surface area (TPSA) is 57.8 Å². The highest BCUT2D eigenvalue weighted by atomic mass is 32.1. The van der Waals surface area contributed by atoms with Gasteiger partial charge in [0.05, 0.1) is 11.4 Å². The van der Waals surface area contributed by atoms with Gasteiger partial charge in [-0.3, -0.25) is 4.79 Å². The summed E-state index contributed by atoms with van der Waals surface area (Å²) >= 11 is 3.16. The summed E-state index contributed by atoms with van der Waals surface area (Å²) in [6, 6.07) is 4.07. The summed E-state index contributed by atoms with van der Waals surface area (Å²) in [5.74, 6) is 0.698. The van der Waals surface area contributed by atoms with E-state index in [0.717, 1.165) is 21.8 Å². The number of thiophene rings is 2. The van der Waals surface area contributed by atoms with Crippen LogP contribution in [0.4, 0.5) is 0 Å². The molecule has 0 aliphatic heterocycles. The minimum Gasteiger partial charge on any atom is -0.309 e. The minimum atomic E-state index is -0.0561. The van der Waals surface area contributed by atoms with Crippen molar-refractivity contribution in [2.45, 2.75) is 19.9 Å². The maximum Gasteiger partial charge on any atom is 0.260 e. The molecule has 0 fully saturated rings. The Hall–Kier alpha value is -1.50. The number of aromatic amines is 1. The van der Waals surface area contributed by atoms with Crippen molar-refractivity contribution in [1.82, 2.24) is 15.3 Å². The van der Waals surface area contributed by atoms with Crippen LogP contribution in [0, 0.1) is 0 Å². The Balaban J connectivity index is 2.14. The first-order valence-corrected chi connectivity index (χ1v) is 8.25. The van der Waals surface area contributed by atoms with E-state index in [1.807, 2.05) is 36.7 Å². The second-order valence-corrected chi connectivity index (χ2v) is 6.34. The largest absolute Gasteiger partial charge is 0.309 e. The Kier molecular flexibility index (Phi) is 3.69. The first-order valence-electron chi connectivity index (χ1n) is 6.49. The number of H-pyrrole nitrogens is 1. The molecule has 0 radical (unpaired) electrons. The fourth-order valence-electron chi connectivity index (χ4n) is 2.19. The summed E-state index contributed by atoms with van der Waals surface area (Å²) in [6.45, 7) is 4.88. The van der Waals surface area contributed by atoms with Gasteiger partial charge < -0.3 is 10.3 Å². The number of hydrogen-bond acceptors (Lipinski definition) is 5.